The minimum atomic E-state index is -4.82. The minimum absolute atomic E-state index is 0.473. The molecule has 1 atom stereocenters. The highest BCUT2D eigenvalue weighted by Gasteiger charge is 2.47. The second-order valence-corrected chi connectivity index (χ2v) is 12.8. The van der Waals surface area contributed by atoms with Crippen molar-refractivity contribution in [1.29, 1.82) is 0 Å². The maximum Gasteiger partial charge on any atom is 0.292 e. The van der Waals surface area contributed by atoms with Gasteiger partial charge in [-0.15, -0.1) is 0 Å². The summed E-state index contributed by atoms with van der Waals surface area (Å²) in [5, 5.41) is 0. The number of allylic oxidation sites excluding steroid dienone is 2. The van der Waals surface area contributed by atoms with E-state index in [1.54, 1.807) is 48.6 Å². The molecule has 0 aliphatic rings. The zero-order valence-electron chi connectivity index (χ0n) is 23.6. The molecular formula is C33H31Br2ClN2O4. The highest BCUT2D eigenvalue weighted by Crippen LogP contribution is 2.39. The number of rotatable bonds is 10. The Morgan fingerprint density at radius 1 is 0.643 bits per heavy atom. The van der Waals surface area contributed by atoms with Crippen molar-refractivity contribution in [2.24, 2.45) is 0 Å². The van der Waals surface area contributed by atoms with Crippen LogP contribution in [0.1, 0.15) is 22.3 Å². The maximum atomic E-state index is 12.2. The van der Waals surface area contributed by atoms with Crippen LogP contribution in [0.5, 0.6) is 0 Å². The van der Waals surface area contributed by atoms with Gasteiger partial charge in [0.25, 0.3) is 5.60 Å². The van der Waals surface area contributed by atoms with Gasteiger partial charge >= 0.3 is 0 Å². The summed E-state index contributed by atoms with van der Waals surface area (Å²) in [6, 6.07) is 30.3. The summed E-state index contributed by atoms with van der Waals surface area (Å²) in [6.07, 6.45) is 5.24. The normalized spacial score (nSPS) is 13.7. The lowest BCUT2D eigenvalue weighted by Crippen LogP contribution is -2.63. The molecule has 0 N–H and O–H groups in total. The van der Waals surface area contributed by atoms with Crippen molar-refractivity contribution in [1.82, 2.24) is 0 Å². The van der Waals surface area contributed by atoms with E-state index >= 15 is 0 Å². The van der Waals surface area contributed by atoms with E-state index in [1.165, 1.54) is 0 Å². The Balaban J connectivity index is 1.91. The Morgan fingerprint density at radius 3 is 1.45 bits per heavy atom. The van der Waals surface area contributed by atoms with E-state index in [0.717, 1.165) is 37.0 Å². The van der Waals surface area contributed by atoms with Crippen LogP contribution in [-0.2, 0) is 9.89 Å². The van der Waals surface area contributed by atoms with E-state index < -0.39 is 15.8 Å². The van der Waals surface area contributed by atoms with E-state index in [1.807, 2.05) is 105 Å². The summed E-state index contributed by atoms with van der Waals surface area (Å²) < 4.78 is 43.8. The van der Waals surface area contributed by atoms with E-state index in [2.05, 4.69) is 31.9 Å². The molecule has 218 valence electrons. The summed E-state index contributed by atoms with van der Waals surface area (Å²) in [4.78, 5) is 3.96. The smallest absolute Gasteiger partial charge is 0.292 e. The van der Waals surface area contributed by atoms with Crippen LogP contribution in [0.2, 0.25) is 0 Å². The van der Waals surface area contributed by atoms with Crippen molar-refractivity contribution in [3.8, 4) is 0 Å². The molecule has 0 radical (unpaired) electrons. The largest absolute Gasteiger partial charge is 0.378 e. The lowest BCUT2D eigenvalue weighted by Gasteiger charge is -2.28. The van der Waals surface area contributed by atoms with Crippen molar-refractivity contribution >= 4 is 48.8 Å². The highest BCUT2D eigenvalue weighted by molar-refractivity contribution is 9.10. The molecule has 9 heteroatoms. The van der Waals surface area contributed by atoms with Crippen LogP contribution in [0.4, 0.5) is 11.4 Å². The molecule has 0 fully saturated rings. The summed E-state index contributed by atoms with van der Waals surface area (Å²) in [7, 11) is 2.97. The number of benzene rings is 4. The Hall–Kier alpha value is -2.95. The van der Waals surface area contributed by atoms with E-state index in [0.29, 0.717) is 11.1 Å². The average Bonchev–Trinajstić information content (AvgIpc) is 2.95. The van der Waals surface area contributed by atoms with Crippen molar-refractivity contribution in [2.75, 3.05) is 38.0 Å². The van der Waals surface area contributed by atoms with Crippen molar-refractivity contribution < 1.29 is 28.5 Å². The van der Waals surface area contributed by atoms with Crippen molar-refractivity contribution in [2.45, 2.75) is 5.60 Å². The first-order chi connectivity index (χ1) is 19.9. The van der Waals surface area contributed by atoms with Gasteiger partial charge in [-0.3, -0.25) is 0 Å². The van der Waals surface area contributed by atoms with Gasteiger partial charge in [-0.2, -0.15) is 14.0 Å². The molecule has 4 aromatic rings. The number of hydrogen-bond acceptors (Lipinski definition) is 6. The number of anilines is 2. The molecular weight excluding hydrogens is 684 g/mol. The topological polar surface area (TPSA) is 84.9 Å². The maximum absolute atomic E-state index is 12.2. The highest BCUT2D eigenvalue weighted by atomic mass is 79.9. The summed E-state index contributed by atoms with van der Waals surface area (Å²) >= 11 is 6.94. The third kappa shape index (κ3) is 7.90. The van der Waals surface area contributed by atoms with Gasteiger partial charge in [-0.25, -0.2) is 0 Å². The van der Waals surface area contributed by atoms with Crippen molar-refractivity contribution in [3.05, 3.63) is 146 Å². The fraction of sp³-hybridized carbons (Fsp3) is 0.152. The fourth-order valence-electron chi connectivity index (χ4n) is 4.54. The zero-order chi connectivity index (χ0) is 30.5. The van der Waals surface area contributed by atoms with Gasteiger partial charge in [-0.1, -0.05) is 92.5 Å². The first-order valence-corrected chi connectivity index (χ1v) is 15.8. The van der Waals surface area contributed by atoms with E-state index in [4.69, 9.17) is 4.29 Å². The second kappa shape index (κ2) is 13.6. The van der Waals surface area contributed by atoms with Gasteiger partial charge in [0, 0.05) is 59.6 Å². The molecule has 0 amide bonds. The molecule has 0 bridgehead atoms. The molecule has 42 heavy (non-hydrogen) atoms. The van der Waals surface area contributed by atoms with Gasteiger partial charge in [0.2, 0.25) is 0 Å². The molecule has 4 rings (SSSR count). The fourth-order valence-corrected chi connectivity index (χ4v) is 5.59. The predicted octanol–water partition coefficient (Wildman–Crippen LogP) is 5.19. The monoisotopic (exact) mass is 712 g/mol. The van der Waals surface area contributed by atoms with Gasteiger partial charge < -0.3 is 9.80 Å². The number of nitrogens with zero attached hydrogens (tertiary/aromatic N) is 2. The van der Waals surface area contributed by atoms with Crippen LogP contribution in [-0.4, -0.2) is 28.2 Å². The predicted molar refractivity (Wildman–Crippen MR) is 168 cm³/mol. The standard InChI is InChI=1S/C33H31Br2ClN2O4/c1-37(2)30-19-9-25(10-20-30)32(24-7-15-28(34)16-8-24)6-5-23-33(42-36(39,40)41,26-11-17-29(35)18-12-26)27-13-21-31(22-14-27)38(3)4/h5-23H,1-4H3. The quantitative estimate of drug-likeness (QED) is 0.211. The van der Waals surface area contributed by atoms with Crippen LogP contribution < -0.4 is 23.8 Å². The third-order valence-corrected chi connectivity index (χ3v) is 8.24. The second-order valence-electron chi connectivity index (χ2n) is 10.0. The van der Waals surface area contributed by atoms with E-state index in [9.17, 15) is 14.0 Å². The lowest BCUT2D eigenvalue weighted by atomic mass is 9.85. The van der Waals surface area contributed by atoms with Crippen LogP contribution in [0.3, 0.4) is 0 Å². The Kier molecular flexibility index (Phi) is 10.3. The zero-order valence-corrected chi connectivity index (χ0v) is 27.6. The van der Waals surface area contributed by atoms with Crippen molar-refractivity contribution in [3.63, 3.8) is 0 Å². The Labute approximate surface area is 266 Å². The lowest BCUT2D eigenvalue weighted by molar-refractivity contribution is -1.92. The number of hydrogen-bond donors (Lipinski definition) is 0. The van der Waals surface area contributed by atoms with Gasteiger partial charge in [-0.05, 0) is 71.3 Å². The van der Waals surface area contributed by atoms with E-state index in [-0.39, 0.29) is 0 Å². The molecule has 0 saturated carbocycles. The molecule has 0 aliphatic carbocycles. The molecule has 0 aliphatic heterocycles. The van der Waals surface area contributed by atoms with Crippen LogP contribution in [0.25, 0.3) is 5.57 Å². The summed E-state index contributed by atoms with van der Waals surface area (Å²) in [5.41, 5.74) is 4.02. The van der Waals surface area contributed by atoms with Crippen LogP contribution >= 0.6 is 31.9 Å². The molecule has 6 nitrogen and oxygen atoms in total. The Bertz CT molecular complexity index is 1530. The van der Waals surface area contributed by atoms with Gasteiger partial charge in [0.1, 0.15) is 0 Å². The third-order valence-electron chi connectivity index (χ3n) is 6.75. The summed E-state index contributed by atoms with van der Waals surface area (Å²) in [5.74, 6) is 0. The van der Waals surface area contributed by atoms with Crippen LogP contribution in [0.15, 0.2) is 124 Å². The Morgan fingerprint density at radius 2 is 1.02 bits per heavy atom. The number of halogens is 3. The molecule has 4 aromatic carbocycles. The first-order valence-electron chi connectivity index (χ1n) is 13.0. The molecule has 1 unspecified atom stereocenters. The van der Waals surface area contributed by atoms with Crippen LogP contribution in [0, 0.1) is 10.2 Å². The molecule has 0 spiro atoms. The molecule has 0 heterocycles. The average molecular weight is 715 g/mol. The minimum Gasteiger partial charge on any atom is -0.378 e. The van der Waals surface area contributed by atoms with Gasteiger partial charge in [0.05, 0.1) is 14.5 Å². The molecule has 0 aromatic heterocycles. The summed E-state index contributed by atoms with van der Waals surface area (Å²) in [6.45, 7) is 0. The molecule has 0 saturated heterocycles. The first kappa shape index (κ1) is 32.0. The van der Waals surface area contributed by atoms with Gasteiger partial charge in [0.15, 0.2) is 0 Å². The SMILES string of the molecule is CN(C)c1ccc(C(=CC=CC(O[Cl+3]([O-])([O-])[O-])(c2ccc(Br)cc2)c2ccc(N(C)C)cc2)c2ccc(Br)cc2)cc1.